The van der Waals surface area contributed by atoms with Crippen molar-refractivity contribution in [2.45, 2.75) is 44.8 Å². The van der Waals surface area contributed by atoms with Gasteiger partial charge >= 0.3 is 0 Å². The highest BCUT2D eigenvalue weighted by Gasteiger charge is 2.36. The molecule has 0 amide bonds. The highest BCUT2D eigenvalue weighted by Crippen LogP contribution is 2.27. The Morgan fingerprint density at radius 1 is 1.46 bits per heavy atom. The molecule has 0 spiro atoms. The lowest BCUT2D eigenvalue weighted by molar-refractivity contribution is -0.178. The van der Waals surface area contributed by atoms with Crippen LogP contribution in [0.15, 0.2) is 0 Å². The van der Waals surface area contributed by atoms with Gasteiger partial charge in [0.1, 0.15) is 5.60 Å². The van der Waals surface area contributed by atoms with Gasteiger partial charge in [0, 0.05) is 13.2 Å². The summed E-state index contributed by atoms with van der Waals surface area (Å²) in [6.07, 6.45) is 2.06. The van der Waals surface area contributed by atoms with Crippen molar-refractivity contribution in [3.63, 3.8) is 0 Å². The van der Waals surface area contributed by atoms with Gasteiger partial charge in [-0.15, -0.1) is 0 Å². The predicted octanol–water partition coefficient (Wildman–Crippen LogP) is 1.31. The van der Waals surface area contributed by atoms with E-state index in [-0.39, 0.29) is 11.2 Å². The third-order valence-corrected chi connectivity index (χ3v) is 2.18. The molecule has 1 aliphatic rings. The molecule has 1 rings (SSSR count). The van der Waals surface area contributed by atoms with Crippen LogP contribution in [0.1, 0.15) is 33.6 Å². The molecule has 3 nitrogen and oxygen atoms in total. The van der Waals surface area contributed by atoms with Gasteiger partial charge in [-0.3, -0.25) is 0 Å². The van der Waals surface area contributed by atoms with Gasteiger partial charge in [0.2, 0.25) is 0 Å². The third kappa shape index (κ3) is 3.25. The molecule has 1 atom stereocenters. The molecule has 3 heteroatoms. The number of hydrogen-bond donors (Lipinski definition) is 1. The van der Waals surface area contributed by atoms with E-state index in [4.69, 9.17) is 15.2 Å². The zero-order chi connectivity index (χ0) is 9.95. The first-order valence-corrected chi connectivity index (χ1v) is 4.95. The molecule has 0 aromatic carbocycles. The van der Waals surface area contributed by atoms with Gasteiger partial charge in [-0.25, -0.2) is 0 Å². The minimum atomic E-state index is -0.240. The monoisotopic (exact) mass is 187 g/mol. The van der Waals surface area contributed by atoms with E-state index in [0.717, 1.165) is 19.4 Å². The van der Waals surface area contributed by atoms with Gasteiger partial charge in [-0.2, -0.15) is 0 Å². The second-order valence-electron chi connectivity index (χ2n) is 4.76. The van der Waals surface area contributed by atoms with Crippen LogP contribution in [0.4, 0.5) is 0 Å². The average Bonchev–Trinajstić information content (AvgIpc) is 2.03. The fraction of sp³-hybridized carbons (Fsp3) is 1.00. The maximum atomic E-state index is 5.97. The summed E-state index contributed by atoms with van der Waals surface area (Å²) in [6.45, 7) is 8.19. The Morgan fingerprint density at radius 2 is 2.15 bits per heavy atom. The molecule has 0 radical (unpaired) electrons. The van der Waals surface area contributed by atoms with Crippen LogP contribution in [0, 0.1) is 0 Å². The van der Waals surface area contributed by atoms with Gasteiger partial charge in [-0.05, 0) is 33.6 Å². The summed E-state index contributed by atoms with van der Waals surface area (Å²) in [4.78, 5) is 0. The molecular weight excluding hydrogens is 166 g/mol. The number of rotatable bonds is 2. The highest BCUT2D eigenvalue weighted by atomic mass is 16.6. The van der Waals surface area contributed by atoms with E-state index in [9.17, 15) is 0 Å². The lowest BCUT2D eigenvalue weighted by Gasteiger charge is -2.40. The normalized spacial score (nSPS) is 30.5. The summed E-state index contributed by atoms with van der Waals surface area (Å²) in [5.74, 6) is 0. The van der Waals surface area contributed by atoms with Gasteiger partial charge < -0.3 is 15.2 Å². The van der Waals surface area contributed by atoms with Gasteiger partial charge in [-0.1, -0.05) is 0 Å². The first-order chi connectivity index (χ1) is 5.97. The van der Waals surface area contributed by atoms with E-state index in [1.165, 1.54) is 0 Å². The first-order valence-electron chi connectivity index (χ1n) is 4.95. The fourth-order valence-electron chi connectivity index (χ4n) is 1.76. The summed E-state index contributed by atoms with van der Waals surface area (Å²) in [5.41, 5.74) is 5.36. The zero-order valence-corrected chi connectivity index (χ0v) is 8.93. The van der Waals surface area contributed by atoms with E-state index < -0.39 is 0 Å². The molecule has 0 saturated carbocycles. The maximum Gasteiger partial charge on any atom is 0.104 e. The molecule has 2 N–H and O–H groups in total. The van der Waals surface area contributed by atoms with Crippen molar-refractivity contribution < 1.29 is 9.47 Å². The van der Waals surface area contributed by atoms with E-state index in [2.05, 4.69) is 20.8 Å². The van der Waals surface area contributed by atoms with E-state index in [0.29, 0.717) is 13.2 Å². The van der Waals surface area contributed by atoms with E-state index in [1.54, 1.807) is 0 Å². The quantitative estimate of drug-likeness (QED) is 0.709. The van der Waals surface area contributed by atoms with Crippen LogP contribution in [-0.2, 0) is 9.47 Å². The van der Waals surface area contributed by atoms with Crippen LogP contribution >= 0.6 is 0 Å². The fourth-order valence-corrected chi connectivity index (χ4v) is 1.76. The third-order valence-electron chi connectivity index (χ3n) is 2.18. The second kappa shape index (κ2) is 3.95. The molecule has 0 bridgehead atoms. The zero-order valence-electron chi connectivity index (χ0n) is 8.93. The Labute approximate surface area is 80.6 Å². The highest BCUT2D eigenvalue weighted by molar-refractivity contribution is 4.87. The van der Waals surface area contributed by atoms with Crippen LogP contribution in [0.5, 0.6) is 0 Å². The van der Waals surface area contributed by atoms with Crippen molar-refractivity contribution in [2.75, 3.05) is 19.8 Å². The van der Waals surface area contributed by atoms with Gasteiger partial charge in [0.25, 0.3) is 0 Å². The van der Waals surface area contributed by atoms with Gasteiger partial charge in [0.15, 0.2) is 0 Å². The van der Waals surface area contributed by atoms with Crippen molar-refractivity contribution in [1.29, 1.82) is 0 Å². The Bertz CT molecular complexity index is 157. The average molecular weight is 187 g/mol. The van der Waals surface area contributed by atoms with Crippen LogP contribution in [0.3, 0.4) is 0 Å². The number of hydrogen-bond acceptors (Lipinski definition) is 3. The Balaban J connectivity index is 2.57. The molecule has 0 aromatic heterocycles. The van der Waals surface area contributed by atoms with Crippen molar-refractivity contribution >= 4 is 0 Å². The van der Waals surface area contributed by atoms with Crippen LogP contribution in [0.25, 0.3) is 0 Å². The summed E-state index contributed by atoms with van der Waals surface area (Å²) >= 11 is 0. The molecule has 0 aromatic rings. The minimum Gasteiger partial charge on any atom is -0.378 e. The van der Waals surface area contributed by atoms with Crippen LogP contribution in [0.2, 0.25) is 0 Å². The summed E-state index contributed by atoms with van der Waals surface area (Å²) < 4.78 is 11.4. The van der Waals surface area contributed by atoms with Crippen molar-refractivity contribution in [1.82, 2.24) is 0 Å². The first kappa shape index (κ1) is 11.0. The number of nitrogens with two attached hydrogens (primary N) is 1. The smallest absolute Gasteiger partial charge is 0.104 e. The number of ether oxygens (including phenoxy) is 2. The molecule has 1 saturated heterocycles. The second-order valence-corrected chi connectivity index (χ2v) is 4.76. The molecule has 1 fully saturated rings. The molecule has 1 heterocycles. The Kier molecular flexibility index (Phi) is 3.33. The van der Waals surface area contributed by atoms with Crippen molar-refractivity contribution in [3.05, 3.63) is 0 Å². The van der Waals surface area contributed by atoms with Crippen LogP contribution < -0.4 is 5.73 Å². The Hall–Kier alpha value is -0.120. The topological polar surface area (TPSA) is 44.5 Å². The van der Waals surface area contributed by atoms with Crippen molar-refractivity contribution in [3.8, 4) is 0 Å². The molecular formula is C10H21NO2. The molecule has 1 unspecified atom stereocenters. The summed E-state index contributed by atoms with van der Waals surface area (Å²) in [6, 6.07) is 0. The minimum absolute atomic E-state index is 0.139. The lowest BCUT2D eigenvalue weighted by Crippen LogP contribution is -2.51. The maximum absolute atomic E-state index is 5.97. The molecule has 0 aliphatic carbocycles. The molecule has 1 aliphatic heterocycles. The van der Waals surface area contributed by atoms with E-state index >= 15 is 0 Å². The predicted molar refractivity (Wildman–Crippen MR) is 52.7 cm³/mol. The largest absolute Gasteiger partial charge is 0.378 e. The lowest BCUT2D eigenvalue weighted by atomic mass is 9.95. The summed E-state index contributed by atoms with van der Waals surface area (Å²) in [5, 5.41) is 0. The summed E-state index contributed by atoms with van der Waals surface area (Å²) in [7, 11) is 0. The standard InChI is InChI=1S/C10H21NO2/c1-9(2,3)13-10(7-11)5-4-6-12-8-10/h4-8,11H2,1-3H3. The molecule has 13 heavy (non-hydrogen) atoms. The van der Waals surface area contributed by atoms with E-state index in [1.807, 2.05) is 0 Å². The van der Waals surface area contributed by atoms with Crippen LogP contribution in [-0.4, -0.2) is 31.0 Å². The SMILES string of the molecule is CC(C)(C)OC1(CN)CCCOC1. The van der Waals surface area contributed by atoms with Gasteiger partial charge in [0.05, 0.1) is 12.2 Å². The Morgan fingerprint density at radius 3 is 2.54 bits per heavy atom. The van der Waals surface area contributed by atoms with Crippen molar-refractivity contribution in [2.24, 2.45) is 5.73 Å². The molecule has 78 valence electrons.